The highest BCUT2D eigenvalue weighted by Gasteiger charge is 2.18. The van der Waals surface area contributed by atoms with Gasteiger partial charge in [-0.05, 0) is 6.92 Å². The molecule has 1 aromatic carbocycles. The van der Waals surface area contributed by atoms with Crippen LogP contribution in [0, 0.1) is 10.1 Å². The number of rotatable bonds is 4. The van der Waals surface area contributed by atoms with E-state index in [2.05, 4.69) is 25.3 Å². The summed E-state index contributed by atoms with van der Waals surface area (Å²) < 4.78 is 0. The lowest BCUT2D eigenvalue weighted by Gasteiger charge is -2.16. The van der Waals surface area contributed by atoms with Crippen molar-refractivity contribution in [2.45, 2.75) is 13.0 Å². The van der Waals surface area contributed by atoms with Gasteiger partial charge in [0, 0.05) is 30.1 Å². The number of hydrogen-bond donors (Lipinski definition) is 3. The normalized spacial score (nSPS) is 12.0. The number of nitrogens with one attached hydrogen (secondary N) is 3. The molecule has 122 valence electrons. The first-order valence-corrected chi connectivity index (χ1v) is 6.93. The van der Waals surface area contributed by atoms with E-state index in [1.807, 2.05) is 0 Å². The molecule has 0 aliphatic carbocycles. The van der Waals surface area contributed by atoms with Gasteiger partial charge >= 0.3 is 11.1 Å². The molecular weight excluding hydrogens is 316 g/mol. The standard InChI is InChI=1S/C14H12N6O4/c1-7(17-11-6-15-2-3-16-11)9-4-8(20(23)24)5-10-12(9)19-14(22)13(21)18-10/h2-7H,1H3,(H,16,17)(H,18,21)(H,19,22). The summed E-state index contributed by atoms with van der Waals surface area (Å²) in [6.07, 6.45) is 4.52. The van der Waals surface area contributed by atoms with Crippen LogP contribution in [-0.4, -0.2) is 24.9 Å². The molecule has 0 saturated carbocycles. The Hall–Kier alpha value is -3.56. The predicted molar refractivity (Wildman–Crippen MR) is 85.9 cm³/mol. The largest absolute Gasteiger partial charge is 0.362 e. The summed E-state index contributed by atoms with van der Waals surface area (Å²) in [7, 11) is 0. The third-order valence-corrected chi connectivity index (χ3v) is 3.45. The topological polar surface area (TPSA) is 147 Å². The van der Waals surface area contributed by atoms with E-state index in [4.69, 9.17) is 0 Å². The fourth-order valence-corrected chi connectivity index (χ4v) is 2.36. The summed E-state index contributed by atoms with van der Waals surface area (Å²) in [5.74, 6) is 0.469. The van der Waals surface area contributed by atoms with E-state index in [1.54, 1.807) is 6.92 Å². The van der Waals surface area contributed by atoms with Gasteiger partial charge in [0.05, 0.1) is 28.2 Å². The lowest BCUT2D eigenvalue weighted by atomic mass is 10.0. The summed E-state index contributed by atoms with van der Waals surface area (Å²) in [5, 5.41) is 14.2. The number of hydrogen-bond acceptors (Lipinski definition) is 7. The molecule has 0 radical (unpaired) electrons. The highest BCUT2D eigenvalue weighted by Crippen LogP contribution is 2.27. The molecule has 0 aliphatic rings. The maximum absolute atomic E-state index is 11.6. The highest BCUT2D eigenvalue weighted by molar-refractivity contribution is 5.81. The Morgan fingerprint density at radius 3 is 2.62 bits per heavy atom. The Balaban J connectivity index is 2.17. The zero-order valence-electron chi connectivity index (χ0n) is 12.4. The van der Waals surface area contributed by atoms with Gasteiger partial charge in [0.1, 0.15) is 5.82 Å². The first kappa shape index (κ1) is 15.3. The molecule has 24 heavy (non-hydrogen) atoms. The van der Waals surface area contributed by atoms with E-state index < -0.39 is 22.1 Å². The summed E-state index contributed by atoms with van der Waals surface area (Å²) >= 11 is 0. The summed E-state index contributed by atoms with van der Waals surface area (Å²) in [6.45, 7) is 1.75. The number of aromatic nitrogens is 4. The molecule has 2 heterocycles. The van der Waals surface area contributed by atoms with Crippen LogP contribution >= 0.6 is 0 Å². The zero-order chi connectivity index (χ0) is 17.3. The molecule has 0 saturated heterocycles. The first-order chi connectivity index (χ1) is 11.5. The van der Waals surface area contributed by atoms with Crippen molar-refractivity contribution in [1.82, 2.24) is 19.9 Å². The van der Waals surface area contributed by atoms with Gasteiger partial charge in [-0.1, -0.05) is 0 Å². The molecule has 2 aromatic heterocycles. The van der Waals surface area contributed by atoms with Crippen molar-refractivity contribution in [3.05, 3.63) is 67.1 Å². The Bertz CT molecular complexity index is 1030. The van der Waals surface area contributed by atoms with Crippen molar-refractivity contribution in [2.24, 2.45) is 0 Å². The smallest absolute Gasteiger partial charge is 0.314 e. The molecule has 0 aliphatic heterocycles. The average Bonchev–Trinajstić information content (AvgIpc) is 2.55. The van der Waals surface area contributed by atoms with Gasteiger partial charge in [-0.15, -0.1) is 0 Å². The highest BCUT2D eigenvalue weighted by atomic mass is 16.6. The van der Waals surface area contributed by atoms with Crippen molar-refractivity contribution in [1.29, 1.82) is 0 Å². The molecule has 0 amide bonds. The molecule has 3 aromatic rings. The van der Waals surface area contributed by atoms with Crippen molar-refractivity contribution in [3.8, 4) is 0 Å². The van der Waals surface area contributed by atoms with Crippen LogP contribution in [-0.2, 0) is 0 Å². The molecule has 1 unspecified atom stereocenters. The van der Waals surface area contributed by atoms with Gasteiger partial charge in [0.2, 0.25) is 0 Å². The number of nitro benzene ring substituents is 1. The van der Waals surface area contributed by atoms with Crippen LogP contribution in [0.5, 0.6) is 0 Å². The van der Waals surface area contributed by atoms with E-state index in [9.17, 15) is 19.7 Å². The second kappa shape index (κ2) is 5.91. The van der Waals surface area contributed by atoms with Gasteiger partial charge in [-0.3, -0.25) is 24.7 Å². The number of aromatic amines is 2. The third kappa shape index (κ3) is 2.84. The van der Waals surface area contributed by atoms with E-state index in [1.165, 1.54) is 30.7 Å². The molecule has 3 rings (SSSR count). The average molecular weight is 328 g/mol. The van der Waals surface area contributed by atoms with Gasteiger partial charge in [-0.2, -0.15) is 0 Å². The summed E-state index contributed by atoms with van der Waals surface area (Å²) in [4.78, 5) is 46.5. The van der Waals surface area contributed by atoms with Crippen molar-refractivity contribution < 1.29 is 4.92 Å². The minimum atomic E-state index is -0.872. The van der Waals surface area contributed by atoms with Gasteiger partial charge in [0.25, 0.3) is 5.69 Å². The Morgan fingerprint density at radius 2 is 1.96 bits per heavy atom. The van der Waals surface area contributed by atoms with Crippen LogP contribution in [0.25, 0.3) is 11.0 Å². The lowest BCUT2D eigenvalue weighted by molar-refractivity contribution is -0.384. The number of anilines is 1. The van der Waals surface area contributed by atoms with E-state index in [-0.39, 0.29) is 11.2 Å². The minimum Gasteiger partial charge on any atom is -0.362 e. The number of nitrogens with zero attached hydrogens (tertiary/aromatic N) is 3. The maximum atomic E-state index is 11.6. The van der Waals surface area contributed by atoms with Crippen LogP contribution in [0.15, 0.2) is 40.3 Å². The van der Waals surface area contributed by atoms with E-state index in [0.717, 1.165) is 0 Å². The van der Waals surface area contributed by atoms with Crippen LogP contribution in [0.1, 0.15) is 18.5 Å². The minimum absolute atomic E-state index is 0.177. The Labute approximate surface area is 133 Å². The van der Waals surface area contributed by atoms with Crippen LogP contribution in [0.3, 0.4) is 0 Å². The molecule has 0 fully saturated rings. The summed E-state index contributed by atoms with van der Waals surface area (Å²) in [6, 6.07) is 2.10. The number of nitro groups is 1. The van der Waals surface area contributed by atoms with Crippen molar-refractivity contribution in [3.63, 3.8) is 0 Å². The van der Waals surface area contributed by atoms with E-state index >= 15 is 0 Å². The quantitative estimate of drug-likeness (QED) is 0.369. The zero-order valence-corrected chi connectivity index (χ0v) is 12.4. The Kier molecular flexibility index (Phi) is 3.78. The molecule has 3 N–H and O–H groups in total. The fraction of sp³-hybridized carbons (Fsp3) is 0.143. The van der Waals surface area contributed by atoms with Gasteiger partial charge in [0.15, 0.2) is 0 Å². The maximum Gasteiger partial charge on any atom is 0.314 e. The Morgan fingerprint density at radius 1 is 1.21 bits per heavy atom. The molecule has 0 bridgehead atoms. The lowest BCUT2D eigenvalue weighted by Crippen LogP contribution is -2.29. The number of non-ortho nitro benzene ring substituents is 1. The summed E-state index contributed by atoms with van der Waals surface area (Å²) in [5.41, 5.74) is -0.968. The third-order valence-electron chi connectivity index (χ3n) is 3.45. The van der Waals surface area contributed by atoms with Crippen LogP contribution < -0.4 is 16.4 Å². The van der Waals surface area contributed by atoms with Crippen molar-refractivity contribution in [2.75, 3.05) is 5.32 Å². The second-order valence-electron chi connectivity index (χ2n) is 5.08. The molecular formula is C14H12N6O4. The SMILES string of the molecule is CC(Nc1cnccn1)c1cc([N+](=O)[O-])cc2[nH]c(=O)c(=O)[nH]c12. The van der Waals surface area contributed by atoms with E-state index in [0.29, 0.717) is 16.9 Å². The molecule has 1 atom stereocenters. The van der Waals surface area contributed by atoms with Gasteiger partial charge < -0.3 is 15.3 Å². The molecule has 0 spiro atoms. The molecule has 10 nitrogen and oxygen atoms in total. The number of benzene rings is 1. The fourth-order valence-electron chi connectivity index (χ4n) is 2.36. The molecule has 10 heteroatoms. The monoisotopic (exact) mass is 328 g/mol. The first-order valence-electron chi connectivity index (χ1n) is 6.93. The number of fused-ring (bicyclic) bond motifs is 1. The van der Waals surface area contributed by atoms with Crippen LogP contribution in [0.2, 0.25) is 0 Å². The number of H-pyrrole nitrogens is 2. The van der Waals surface area contributed by atoms with Gasteiger partial charge in [-0.25, -0.2) is 4.98 Å². The second-order valence-corrected chi connectivity index (χ2v) is 5.08. The van der Waals surface area contributed by atoms with Crippen LogP contribution in [0.4, 0.5) is 11.5 Å². The predicted octanol–water partition coefficient (Wildman–Crippen LogP) is 1.09. The van der Waals surface area contributed by atoms with Crippen molar-refractivity contribution >= 4 is 22.5 Å².